The maximum atomic E-state index is 6.14. The standard InChI is InChI=1S/C15H23NO/c1-11(2)17-15-6-4-3-5-13(15)9-10-14(16)12-7-8-12/h3-6,11-12,14H,7-10,16H2,1-2H3. The van der Waals surface area contributed by atoms with Gasteiger partial charge in [-0.15, -0.1) is 0 Å². The average Bonchev–Trinajstić information content (AvgIpc) is 3.10. The molecular formula is C15H23NO. The second-order valence-corrected chi connectivity index (χ2v) is 5.31. The van der Waals surface area contributed by atoms with E-state index in [1.807, 2.05) is 6.07 Å². The fourth-order valence-electron chi connectivity index (χ4n) is 2.16. The van der Waals surface area contributed by atoms with Crippen LogP contribution in [0.4, 0.5) is 0 Å². The molecule has 2 nitrogen and oxygen atoms in total. The van der Waals surface area contributed by atoms with E-state index in [0.29, 0.717) is 6.04 Å². The van der Waals surface area contributed by atoms with E-state index in [9.17, 15) is 0 Å². The first-order valence-electron chi connectivity index (χ1n) is 6.67. The number of hydrogen-bond acceptors (Lipinski definition) is 2. The van der Waals surface area contributed by atoms with Crippen molar-refractivity contribution in [3.63, 3.8) is 0 Å². The van der Waals surface area contributed by atoms with Gasteiger partial charge in [0.25, 0.3) is 0 Å². The van der Waals surface area contributed by atoms with Gasteiger partial charge in [0.15, 0.2) is 0 Å². The van der Waals surface area contributed by atoms with E-state index in [2.05, 4.69) is 32.0 Å². The molecule has 0 bridgehead atoms. The first-order chi connectivity index (χ1) is 8.16. The molecule has 1 aromatic rings. The summed E-state index contributed by atoms with van der Waals surface area (Å²) in [5, 5.41) is 0. The van der Waals surface area contributed by atoms with E-state index in [4.69, 9.17) is 10.5 Å². The molecule has 94 valence electrons. The van der Waals surface area contributed by atoms with Crippen LogP contribution < -0.4 is 10.5 Å². The maximum Gasteiger partial charge on any atom is 0.122 e. The maximum absolute atomic E-state index is 6.14. The Bertz CT molecular complexity index is 358. The molecule has 1 aliphatic carbocycles. The van der Waals surface area contributed by atoms with Crippen LogP contribution in [-0.4, -0.2) is 12.1 Å². The molecule has 1 unspecified atom stereocenters. The van der Waals surface area contributed by atoms with Gasteiger partial charge in [-0.2, -0.15) is 0 Å². The highest BCUT2D eigenvalue weighted by Crippen LogP contribution is 2.33. The zero-order chi connectivity index (χ0) is 12.3. The monoisotopic (exact) mass is 233 g/mol. The van der Waals surface area contributed by atoms with Gasteiger partial charge in [-0.05, 0) is 57.1 Å². The molecule has 2 rings (SSSR count). The van der Waals surface area contributed by atoms with Crippen LogP contribution in [0.25, 0.3) is 0 Å². The third-order valence-electron chi connectivity index (χ3n) is 3.31. The van der Waals surface area contributed by atoms with Gasteiger partial charge in [0, 0.05) is 6.04 Å². The summed E-state index contributed by atoms with van der Waals surface area (Å²) in [7, 11) is 0. The second-order valence-electron chi connectivity index (χ2n) is 5.31. The fourth-order valence-corrected chi connectivity index (χ4v) is 2.16. The smallest absolute Gasteiger partial charge is 0.122 e. The van der Waals surface area contributed by atoms with E-state index in [0.717, 1.165) is 24.5 Å². The molecule has 1 atom stereocenters. The molecule has 0 saturated heterocycles. The molecule has 2 N–H and O–H groups in total. The number of aryl methyl sites for hydroxylation is 1. The lowest BCUT2D eigenvalue weighted by atomic mass is 10.0. The summed E-state index contributed by atoms with van der Waals surface area (Å²) < 4.78 is 5.81. The third kappa shape index (κ3) is 3.74. The molecule has 0 amide bonds. The van der Waals surface area contributed by atoms with Gasteiger partial charge in [0.1, 0.15) is 5.75 Å². The Kier molecular flexibility index (Phi) is 4.06. The molecule has 1 saturated carbocycles. The summed E-state index contributed by atoms with van der Waals surface area (Å²) in [6, 6.07) is 8.68. The lowest BCUT2D eigenvalue weighted by molar-refractivity contribution is 0.239. The topological polar surface area (TPSA) is 35.2 Å². The largest absolute Gasteiger partial charge is 0.491 e. The van der Waals surface area contributed by atoms with Crippen LogP contribution in [0.1, 0.15) is 38.7 Å². The molecule has 2 heteroatoms. The molecule has 0 radical (unpaired) electrons. The van der Waals surface area contributed by atoms with Gasteiger partial charge in [0.05, 0.1) is 6.10 Å². The Labute approximate surface area is 104 Å². The Balaban J connectivity index is 1.93. The normalized spacial score (nSPS) is 17.2. The Morgan fingerprint density at radius 3 is 2.65 bits per heavy atom. The van der Waals surface area contributed by atoms with Gasteiger partial charge in [-0.25, -0.2) is 0 Å². The number of para-hydroxylation sites is 1. The second kappa shape index (κ2) is 5.54. The summed E-state index contributed by atoms with van der Waals surface area (Å²) >= 11 is 0. The van der Waals surface area contributed by atoms with Crippen molar-refractivity contribution >= 4 is 0 Å². The van der Waals surface area contributed by atoms with Crippen LogP contribution >= 0.6 is 0 Å². The van der Waals surface area contributed by atoms with Gasteiger partial charge >= 0.3 is 0 Å². The highest BCUT2D eigenvalue weighted by atomic mass is 16.5. The van der Waals surface area contributed by atoms with Gasteiger partial charge in [-0.3, -0.25) is 0 Å². The van der Waals surface area contributed by atoms with Gasteiger partial charge < -0.3 is 10.5 Å². The van der Waals surface area contributed by atoms with Crippen molar-refractivity contribution in [2.24, 2.45) is 11.7 Å². The highest BCUT2D eigenvalue weighted by molar-refractivity contribution is 5.33. The van der Waals surface area contributed by atoms with E-state index >= 15 is 0 Å². The first kappa shape index (κ1) is 12.4. The predicted octanol–water partition coefficient (Wildman–Crippen LogP) is 3.14. The zero-order valence-electron chi connectivity index (χ0n) is 10.9. The quantitative estimate of drug-likeness (QED) is 0.819. The number of ether oxygens (including phenoxy) is 1. The van der Waals surface area contributed by atoms with Crippen LogP contribution in [0.3, 0.4) is 0 Å². The van der Waals surface area contributed by atoms with Gasteiger partial charge in [0.2, 0.25) is 0 Å². The molecule has 0 aliphatic heterocycles. The van der Waals surface area contributed by atoms with Crippen LogP contribution in [-0.2, 0) is 6.42 Å². The van der Waals surface area contributed by atoms with Crippen LogP contribution in [0.5, 0.6) is 5.75 Å². The number of benzene rings is 1. The number of hydrogen-bond donors (Lipinski definition) is 1. The van der Waals surface area contributed by atoms with Crippen molar-refractivity contribution in [3.05, 3.63) is 29.8 Å². The lowest BCUT2D eigenvalue weighted by Gasteiger charge is -2.15. The van der Waals surface area contributed by atoms with Crippen molar-refractivity contribution in [3.8, 4) is 5.75 Å². The zero-order valence-corrected chi connectivity index (χ0v) is 10.9. The first-order valence-corrected chi connectivity index (χ1v) is 6.67. The Hall–Kier alpha value is -1.02. The molecule has 1 aromatic carbocycles. The van der Waals surface area contributed by atoms with Crippen molar-refractivity contribution in [2.45, 2.75) is 51.7 Å². The van der Waals surface area contributed by atoms with Crippen molar-refractivity contribution in [1.82, 2.24) is 0 Å². The molecule has 0 aromatic heterocycles. The minimum atomic E-state index is 0.230. The Morgan fingerprint density at radius 2 is 2.00 bits per heavy atom. The molecule has 0 spiro atoms. The van der Waals surface area contributed by atoms with Crippen LogP contribution in [0.15, 0.2) is 24.3 Å². The predicted molar refractivity (Wildman–Crippen MR) is 71.2 cm³/mol. The molecule has 0 heterocycles. The van der Waals surface area contributed by atoms with E-state index in [-0.39, 0.29) is 6.10 Å². The SMILES string of the molecule is CC(C)Oc1ccccc1CCC(N)C1CC1. The molecule has 1 aliphatic rings. The molecule has 17 heavy (non-hydrogen) atoms. The summed E-state index contributed by atoms with van der Waals surface area (Å²) in [6.07, 6.45) is 4.98. The Morgan fingerprint density at radius 1 is 1.29 bits per heavy atom. The summed E-state index contributed by atoms with van der Waals surface area (Å²) in [4.78, 5) is 0. The van der Waals surface area contributed by atoms with Crippen LogP contribution in [0.2, 0.25) is 0 Å². The number of rotatable bonds is 6. The van der Waals surface area contributed by atoms with Crippen molar-refractivity contribution in [2.75, 3.05) is 0 Å². The van der Waals surface area contributed by atoms with Crippen molar-refractivity contribution in [1.29, 1.82) is 0 Å². The van der Waals surface area contributed by atoms with Crippen molar-refractivity contribution < 1.29 is 4.74 Å². The summed E-state index contributed by atoms with van der Waals surface area (Å²) in [5.41, 5.74) is 7.43. The third-order valence-corrected chi connectivity index (χ3v) is 3.31. The number of nitrogens with two attached hydrogens (primary N) is 1. The van der Waals surface area contributed by atoms with Crippen LogP contribution in [0, 0.1) is 5.92 Å². The minimum absolute atomic E-state index is 0.230. The molecule has 1 fully saturated rings. The highest BCUT2D eigenvalue weighted by Gasteiger charge is 2.28. The minimum Gasteiger partial charge on any atom is -0.491 e. The van der Waals surface area contributed by atoms with E-state index in [1.54, 1.807) is 0 Å². The average molecular weight is 233 g/mol. The van der Waals surface area contributed by atoms with E-state index in [1.165, 1.54) is 18.4 Å². The summed E-state index contributed by atoms with van der Waals surface area (Å²) in [5.74, 6) is 1.80. The van der Waals surface area contributed by atoms with E-state index < -0.39 is 0 Å². The fraction of sp³-hybridized carbons (Fsp3) is 0.600. The molecular weight excluding hydrogens is 210 g/mol. The lowest BCUT2D eigenvalue weighted by Crippen LogP contribution is -2.23. The summed E-state index contributed by atoms with van der Waals surface area (Å²) in [6.45, 7) is 4.12. The van der Waals surface area contributed by atoms with Gasteiger partial charge in [-0.1, -0.05) is 18.2 Å².